The number of fused-ring (bicyclic) bond motifs is 2. The molecule has 0 fully saturated rings. The van der Waals surface area contributed by atoms with Crippen LogP contribution in [0.2, 0.25) is 0 Å². The number of hydrogen-bond acceptors (Lipinski definition) is 4. The van der Waals surface area contributed by atoms with E-state index in [1.54, 1.807) is 0 Å². The summed E-state index contributed by atoms with van der Waals surface area (Å²) in [5, 5.41) is 0. The molecule has 12 aromatic carbocycles. The summed E-state index contributed by atoms with van der Waals surface area (Å²) in [6.07, 6.45) is 0.799. The van der Waals surface area contributed by atoms with Gasteiger partial charge in [0, 0.05) is 68.2 Å². The second-order valence-corrected chi connectivity index (χ2v) is 19.7. The molecule has 0 radical (unpaired) electrons. The molecule has 0 bridgehead atoms. The molecule has 0 amide bonds. The molecule has 1 aliphatic rings. The molecule has 12 aromatic rings. The molecule has 78 heavy (non-hydrogen) atoms. The van der Waals surface area contributed by atoms with Crippen LogP contribution in [0.15, 0.2) is 328 Å². The SMILES string of the molecule is c1ccc(N(c2ccccc2)c2cc(N(c3ccccc3)c3ccccc3)cc(C3(c4cc(N(c5ccccc5)c5ccccc5)cc(N(c5ccccc5)c5ccccc5)c4)c4ccccc4Cc4ccccc43)c2)cc1. The summed E-state index contributed by atoms with van der Waals surface area (Å²) in [5.74, 6) is 0. The summed E-state index contributed by atoms with van der Waals surface area (Å²) in [6, 6.07) is 119. The third-order valence-corrected chi connectivity index (χ3v) is 15.0. The lowest BCUT2D eigenvalue weighted by molar-refractivity contribution is 0.703. The fraction of sp³-hybridized carbons (Fsp3) is 0.0270. The Kier molecular flexibility index (Phi) is 12.9. The lowest BCUT2D eigenvalue weighted by Gasteiger charge is -2.44. The number of anilines is 12. The monoisotopic (exact) mass is 1000 g/mol. The topological polar surface area (TPSA) is 13.0 Å². The summed E-state index contributed by atoms with van der Waals surface area (Å²) < 4.78 is 0. The normalized spacial score (nSPS) is 12.2. The van der Waals surface area contributed by atoms with Crippen molar-refractivity contribution in [2.45, 2.75) is 11.8 Å². The summed E-state index contributed by atoms with van der Waals surface area (Å²) >= 11 is 0. The zero-order chi connectivity index (χ0) is 52.1. The molecule has 0 saturated heterocycles. The van der Waals surface area contributed by atoms with Gasteiger partial charge in [0.1, 0.15) is 0 Å². The number of rotatable bonds is 14. The first kappa shape index (κ1) is 47.5. The first-order valence-corrected chi connectivity index (χ1v) is 26.8. The van der Waals surface area contributed by atoms with Crippen LogP contribution >= 0.6 is 0 Å². The second-order valence-electron chi connectivity index (χ2n) is 19.7. The van der Waals surface area contributed by atoms with E-state index in [4.69, 9.17) is 0 Å². The largest absolute Gasteiger partial charge is 0.310 e. The quantitative estimate of drug-likeness (QED) is 0.108. The van der Waals surface area contributed by atoms with E-state index in [0.29, 0.717) is 0 Å². The van der Waals surface area contributed by atoms with Gasteiger partial charge in [0.15, 0.2) is 0 Å². The van der Waals surface area contributed by atoms with Gasteiger partial charge in [-0.3, -0.25) is 0 Å². The molecule has 0 heterocycles. The first-order chi connectivity index (χ1) is 38.7. The molecule has 0 N–H and O–H groups in total. The summed E-state index contributed by atoms with van der Waals surface area (Å²) in [7, 11) is 0. The summed E-state index contributed by atoms with van der Waals surface area (Å²) in [6.45, 7) is 0. The predicted molar refractivity (Wildman–Crippen MR) is 326 cm³/mol. The van der Waals surface area contributed by atoms with Gasteiger partial charge in [0.2, 0.25) is 0 Å². The van der Waals surface area contributed by atoms with E-state index in [0.717, 1.165) is 85.8 Å². The Morgan fingerprint density at radius 3 is 0.603 bits per heavy atom. The van der Waals surface area contributed by atoms with Crippen molar-refractivity contribution in [1.29, 1.82) is 0 Å². The van der Waals surface area contributed by atoms with Gasteiger partial charge in [-0.25, -0.2) is 0 Å². The van der Waals surface area contributed by atoms with E-state index >= 15 is 0 Å². The minimum atomic E-state index is -0.906. The molecule has 1 aliphatic carbocycles. The average molecular weight is 1000 g/mol. The molecule has 372 valence electrons. The zero-order valence-corrected chi connectivity index (χ0v) is 43.2. The number of benzene rings is 12. The Hall–Kier alpha value is -10.2. The van der Waals surface area contributed by atoms with E-state index in [2.05, 4.69) is 347 Å². The molecule has 4 nitrogen and oxygen atoms in total. The molecule has 4 heteroatoms. The summed E-state index contributed by atoms with van der Waals surface area (Å²) in [5.41, 5.74) is 19.0. The van der Waals surface area contributed by atoms with Gasteiger partial charge in [-0.05, 0) is 173 Å². The molecular formula is C74H56N4. The van der Waals surface area contributed by atoms with Gasteiger partial charge in [-0.15, -0.1) is 0 Å². The minimum Gasteiger partial charge on any atom is -0.310 e. The van der Waals surface area contributed by atoms with Gasteiger partial charge >= 0.3 is 0 Å². The standard InChI is InChI=1S/C74H56N4/c1-9-31-60(32-10-1)75(61-33-11-2-12-34-61)68-50-58(51-69(54-68)76(62-35-13-3-14-36-62)63-37-15-4-16-38-63)74(72-47-27-25-29-56(72)49-57-30-26-28-48-73(57)74)59-52-70(77(64-39-17-5-18-40-64)65-41-19-6-20-42-65)55-71(53-59)78(66-43-21-7-22-44-66)67-45-23-8-24-46-67/h1-48,50-55H,49H2. The van der Waals surface area contributed by atoms with Gasteiger partial charge in [-0.2, -0.15) is 0 Å². The van der Waals surface area contributed by atoms with Crippen LogP contribution in [0.3, 0.4) is 0 Å². The fourth-order valence-corrected chi connectivity index (χ4v) is 11.8. The highest BCUT2D eigenvalue weighted by Crippen LogP contribution is 2.56. The maximum atomic E-state index is 2.47. The molecule has 0 aromatic heterocycles. The lowest BCUT2D eigenvalue weighted by Crippen LogP contribution is -2.36. The van der Waals surface area contributed by atoms with Crippen LogP contribution in [0.1, 0.15) is 33.4 Å². The highest BCUT2D eigenvalue weighted by atomic mass is 15.2. The van der Waals surface area contributed by atoms with Crippen LogP contribution in [0.4, 0.5) is 68.2 Å². The van der Waals surface area contributed by atoms with Crippen LogP contribution in [0.25, 0.3) is 0 Å². The molecule has 0 saturated carbocycles. The Morgan fingerprint density at radius 1 is 0.192 bits per heavy atom. The van der Waals surface area contributed by atoms with Gasteiger partial charge in [-0.1, -0.05) is 194 Å². The maximum Gasteiger partial charge on any atom is 0.0710 e. The predicted octanol–water partition coefficient (Wildman–Crippen LogP) is 19.9. The first-order valence-electron chi connectivity index (χ1n) is 26.8. The van der Waals surface area contributed by atoms with Crippen molar-refractivity contribution in [3.05, 3.63) is 361 Å². The summed E-state index contributed by atoms with van der Waals surface area (Å²) in [4.78, 5) is 9.65. The highest BCUT2D eigenvalue weighted by molar-refractivity contribution is 5.88. The van der Waals surface area contributed by atoms with Crippen molar-refractivity contribution < 1.29 is 0 Å². The van der Waals surface area contributed by atoms with Crippen molar-refractivity contribution >= 4 is 68.2 Å². The third-order valence-electron chi connectivity index (χ3n) is 15.0. The van der Waals surface area contributed by atoms with Crippen molar-refractivity contribution in [2.24, 2.45) is 0 Å². The van der Waals surface area contributed by atoms with Crippen LogP contribution in [-0.4, -0.2) is 0 Å². The van der Waals surface area contributed by atoms with E-state index in [-0.39, 0.29) is 0 Å². The lowest BCUT2D eigenvalue weighted by atomic mass is 9.59. The van der Waals surface area contributed by atoms with E-state index in [1.165, 1.54) is 22.3 Å². The average Bonchev–Trinajstić information content (AvgIpc) is 3.70. The Labute approximate surface area is 458 Å². The Balaban J connectivity index is 1.21. The van der Waals surface area contributed by atoms with Crippen LogP contribution < -0.4 is 19.6 Å². The van der Waals surface area contributed by atoms with Crippen LogP contribution in [0.5, 0.6) is 0 Å². The molecule has 0 spiro atoms. The number of hydrogen-bond donors (Lipinski definition) is 0. The molecule has 0 unspecified atom stereocenters. The molecule has 13 rings (SSSR count). The fourth-order valence-electron chi connectivity index (χ4n) is 11.8. The van der Waals surface area contributed by atoms with Crippen molar-refractivity contribution in [3.63, 3.8) is 0 Å². The third kappa shape index (κ3) is 8.95. The van der Waals surface area contributed by atoms with Crippen molar-refractivity contribution in [1.82, 2.24) is 0 Å². The van der Waals surface area contributed by atoms with Crippen molar-refractivity contribution in [3.8, 4) is 0 Å². The molecular weight excluding hydrogens is 945 g/mol. The zero-order valence-electron chi connectivity index (χ0n) is 43.2. The molecule has 0 aliphatic heterocycles. The molecule has 0 atom stereocenters. The van der Waals surface area contributed by atoms with Gasteiger partial charge < -0.3 is 19.6 Å². The number of nitrogens with zero attached hydrogens (tertiary/aromatic N) is 4. The van der Waals surface area contributed by atoms with Crippen molar-refractivity contribution in [2.75, 3.05) is 19.6 Å². The minimum absolute atomic E-state index is 0.799. The maximum absolute atomic E-state index is 2.47. The van der Waals surface area contributed by atoms with E-state index in [9.17, 15) is 0 Å². The highest BCUT2D eigenvalue weighted by Gasteiger charge is 2.45. The van der Waals surface area contributed by atoms with Gasteiger partial charge in [0.25, 0.3) is 0 Å². The van der Waals surface area contributed by atoms with Crippen LogP contribution in [0, 0.1) is 0 Å². The Bertz CT molecular complexity index is 3310. The van der Waals surface area contributed by atoms with Crippen LogP contribution in [-0.2, 0) is 11.8 Å². The van der Waals surface area contributed by atoms with Gasteiger partial charge in [0.05, 0.1) is 5.41 Å². The second kappa shape index (κ2) is 21.2. The van der Waals surface area contributed by atoms with E-state index < -0.39 is 5.41 Å². The number of para-hydroxylation sites is 8. The van der Waals surface area contributed by atoms with E-state index in [1.807, 2.05) is 0 Å². The Morgan fingerprint density at radius 2 is 0.385 bits per heavy atom. The smallest absolute Gasteiger partial charge is 0.0710 e.